The van der Waals surface area contributed by atoms with Gasteiger partial charge in [0.25, 0.3) is 0 Å². The largest absolute Gasteiger partial charge is 0.374 e. The number of ether oxygens (including phenoxy) is 1. The normalized spacial score (nSPS) is 21.9. The lowest BCUT2D eigenvalue weighted by atomic mass is 10.0. The van der Waals surface area contributed by atoms with Gasteiger partial charge < -0.3 is 10.1 Å². The molecule has 0 amide bonds. The second kappa shape index (κ2) is 7.72. The molecule has 5 nitrogen and oxygen atoms in total. The zero-order valence-corrected chi connectivity index (χ0v) is 15.1. The van der Waals surface area contributed by atoms with E-state index < -0.39 is 0 Å². The Hall–Kier alpha value is -0.430. The van der Waals surface area contributed by atoms with E-state index in [1.54, 1.807) is 0 Å². The minimum Gasteiger partial charge on any atom is -0.374 e. The van der Waals surface area contributed by atoms with Gasteiger partial charge in [-0.1, -0.05) is 6.92 Å². The van der Waals surface area contributed by atoms with E-state index in [-0.39, 0.29) is 12.1 Å². The first-order valence-electron chi connectivity index (χ1n) is 7.82. The van der Waals surface area contributed by atoms with Crippen LogP contribution in [0.25, 0.3) is 0 Å². The van der Waals surface area contributed by atoms with Crippen LogP contribution in [0.5, 0.6) is 0 Å². The van der Waals surface area contributed by atoms with E-state index in [0.717, 1.165) is 30.7 Å². The van der Waals surface area contributed by atoms with Crippen molar-refractivity contribution < 1.29 is 4.74 Å². The molecule has 6 heteroatoms. The highest BCUT2D eigenvalue weighted by atomic mass is 79.9. The number of nitrogens with zero attached hydrogens (tertiary/aromatic N) is 3. The Morgan fingerprint density at radius 1 is 1.52 bits per heavy atom. The van der Waals surface area contributed by atoms with Crippen LogP contribution < -0.4 is 5.32 Å². The van der Waals surface area contributed by atoms with Crippen LogP contribution in [0.15, 0.2) is 10.7 Å². The van der Waals surface area contributed by atoms with Gasteiger partial charge in [-0.15, -0.1) is 0 Å². The molecule has 1 aromatic heterocycles. The lowest BCUT2D eigenvalue weighted by Crippen LogP contribution is -2.48. The average molecular weight is 359 g/mol. The maximum atomic E-state index is 6.05. The van der Waals surface area contributed by atoms with E-state index in [1.165, 1.54) is 12.1 Å². The fraction of sp³-hybridized carbons (Fsp3) is 0.800. The molecule has 1 aliphatic heterocycles. The summed E-state index contributed by atoms with van der Waals surface area (Å²) in [5, 5.41) is 7.93. The minimum absolute atomic E-state index is 0.143. The van der Waals surface area contributed by atoms with E-state index in [4.69, 9.17) is 4.74 Å². The van der Waals surface area contributed by atoms with Gasteiger partial charge in [0, 0.05) is 19.1 Å². The smallest absolute Gasteiger partial charge is 0.0912 e. The summed E-state index contributed by atoms with van der Waals surface area (Å²) in [6.07, 6.45) is 3.22. The molecule has 1 aliphatic rings. The van der Waals surface area contributed by atoms with Crippen molar-refractivity contribution in [2.75, 3.05) is 33.3 Å². The number of hydrogen-bond donors (Lipinski definition) is 1. The van der Waals surface area contributed by atoms with Gasteiger partial charge in [0.1, 0.15) is 0 Å². The third-order valence-electron chi connectivity index (χ3n) is 3.97. The molecular formula is C15H27BrN4O. The molecule has 0 radical (unpaired) electrons. The third-order valence-corrected chi connectivity index (χ3v) is 4.58. The van der Waals surface area contributed by atoms with E-state index in [1.807, 2.05) is 13.2 Å². The molecule has 120 valence electrons. The van der Waals surface area contributed by atoms with Crippen molar-refractivity contribution in [1.29, 1.82) is 0 Å². The number of nitrogens with one attached hydrogen (secondary N) is 1. The van der Waals surface area contributed by atoms with Gasteiger partial charge >= 0.3 is 0 Å². The summed E-state index contributed by atoms with van der Waals surface area (Å²) in [5.74, 6) is 0. The fourth-order valence-corrected chi connectivity index (χ4v) is 3.52. The molecule has 2 atom stereocenters. The highest BCUT2D eigenvalue weighted by Gasteiger charge is 2.32. The Kier molecular flexibility index (Phi) is 6.22. The maximum Gasteiger partial charge on any atom is 0.0912 e. The number of likely N-dealkylation sites (N-methyl/N-ethyl adjacent to an activating group) is 1. The van der Waals surface area contributed by atoms with Crippen molar-refractivity contribution >= 4 is 15.9 Å². The third kappa shape index (κ3) is 3.86. The average Bonchev–Trinajstić information content (AvgIpc) is 2.83. The van der Waals surface area contributed by atoms with Crippen LogP contribution in [0.4, 0.5) is 0 Å². The van der Waals surface area contributed by atoms with Crippen molar-refractivity contribution in [2.24, 2.45) is 0 Å². The molecule has 0 spiro atoms. The monoisotopic (exact) mass is 358 g/mol. The van der Waals surface area contributed by atoms with Crippen LogP contribution in [-0.2, 0) is 4.74 Å². The first-order chi connectivity index (χ1) is 10.1. The van der Waals surface area contributed by atoms with Gasteiger partial charge in [0.15, 0.2) is 0 Å². The summed E-state index contributed by atoms with van der Waals surface area (Å²) >= 11 is 3.65. The maximum absolute atomic E-state index is 6.05. The summed E-state index contributed by atoms with van der Waals surface area (Å²) in [6, 6.07) is 0.474. The number of rotatable bonds is 6. The zero-order chi connectivity index (χ0) is 15.4. The van der Waals surface area contributed by atoms with Gasteiger partial charge in [0.2, 0.25) is 0 Å². The highest BCUT2D eigenvalue weighted by Crippen LogP contribution is 2.30. The van der Waals surface area contributed by atoms with Crippen molar-refractivity contribution in [1.82, 2.24) is 20.0 Å². The molecule has 2 unspecified atom stereocenters. The first-order valence-corrected chi connectivity index (χ1v) is 8.61. The molecular weight excluding hydrogens is 332 g/mol. The van der Waals surface area contributed by atoms with Crippen molar-refractivity contribution in [3.63, 3.8) is 0 Å². The van der Waals surface area contributed by atoms with Crippen LogP contribution in [0.1, 0.15) is 45.0 Å². The van der Waals surface area contributed by atoms with E-state index in [2.05, 4.69) is 56.7 Å². The molecule has 1 aromatic rings. The molecule has 1 saturated heterocycles. The van der Waals surface area contributed by atoms with Gasteiger partial charge in [-0.25, -0.2) is 0 Å². The van der Waals surface area contributed by atoms with Crippen LogP contribution in [-0.4, -0.2) is 54.1 Å². The summed E-state index contributed by atoms with van der Waals surface area (Å²) in [5.41, 5.74) is 1.18. The minimum atomic E-state index is 0.143. The fourth-order valence-electron chi connectivity index (χ4n) is 3.00. The van der Waals surface area contributed by atoms with Crippen LogP contribution in [0, 0.1) is 0 Å². The number of halogens is 1. The van der Waals surface area contributed by atoms with E-state index >= 15 is 0 Å². The predicted octanol–water partition coefficient (Wildman–Crippen LogP) is 2.60. The van der Waals surface area contributed by atoms with Crippen molar-refractivity contribution in [2.45, 2.75) is 45.4 Å². The lowest BCUT2D eigenvalue weighted by molar-refractivity contribution is -0.0474. The Morgan fingerprint density at radius 3 is 2.90 bits per heavy atom. The molecule has 2 rings (SSSR count). The lowest BCUT2D eigenvalue weighted by Gasteiger charge is -2.37. The van der Waals surface area contributed by atoms with Gasteiger partial charge in [-0.2, -0.15) is 5.10 Å². The Morgan fingerprint density at radius 2 is 2.29 bits per heavy atom. The Bertz CT molecular complexity index is 447. The standard InChI is InChI=1S/C15H27BrN4O/c1-5-6-19-7-8-21-13(10-19)14(17-4)15-12(16)9-18-20(15)11(2)3/h9,11,13-14,17H,5-8,10H2,1-4H3. The number of hydrogen-bond acceptors (Lipinski definition) is 4. The van der Waals surface area contributed by atoms with Crippen molar-refractivity contribution in [3.05, 3.63) is 16.4 Å². The molecule has 0 saturated carbocycles. The summed E-state index contributed by atoms with van der Waals surface area (Å²) in [7, 11) is 2.00. The number of morpholine rings is 1. The molecule has 1 fully saturated rings. The molecule has 0 aromatic carbocycles. The first kappa shape index (κ1) is 16.9. The summed E-state index contributed by atoms with van der Waals surface area (Å²) in [6.45, 7) is 10.5. The quantitative estimate of drug-likeness (QED) is 0.848. The predicted molar refractivity (Wildman–Crippen MR) is 88.6 cm³/mol. The SMILES string of the molecule is CCCN1CCOC(C(NC)c2c(Br)cnn2C(C)C)C1. The Labute approximate surface area is 136 Å². The van der Waals surface area contributed by atoms with Gasteiger partial charge in [0.05, 0.1) is 35.1 Å². The van der Waals surface area contributed by atoms with Crippen molar-refractivity contribution in [3.8, 4) is 0 Å². The molecule has 21 heavy (non-hydrogen) atoms. The van der Waals surface area contributed by atoms with Crippen LogP contribution >= 0.6 is 15.9 Å². The molecule has 1 N–H and O–H groups in total. The second-order valence-corrected chi connectivity index (χ2v) is 6.75. The van der Waals surface area contributed by atoms with E-state index in [0.29, 0.717) is 6.04 Å². The molecule has 2 heterocycles. The molecule has 0 aliphatic carbocycles. The van der Waals surface area contributed by atoms with Gasteiger partial charge in [-0.05, 0) is 49.8 Å². The number of aromatic nitrogens is 2. The topological polar surface area (TPSA) is 42.3 Å². The molecule has 0 bridgehead atoms. The van der Waals surface area contributed by atoms with E-state index in [9.17, 15) is 0 Å². The summed E-state index contributed by atoms with van der Waals surface area (Å²) in [4.78, 5) is 2.49. The second-order valence-electron chi connectivity index (χ2n) is 5.89. The van der Waals surface area contributed by atoms with Crippen LogP contribution in [0.2, 0.25) is 0 Å². The highest BCUT2D eigenvalue weighted by molar-refractivity contribution is 9.10. The van der Waals surface area contributed by atoms with Gasteiger partial charge in [-0.3, -0.25) is 9.58 Å². The zero-order valence-electron chi connectivity index (χ0n) is 13.5. The Balaban J connectivity index is 2.21. The van der Waals surface area contributed by atoms with Crippen LogP contribution in [0.3, 0.4) is 0 Å². The summed E-state index contributed by atoms with van der Waals surface area (Å²) < 4.78 is 9.18.